The third-order valence-corrected chi connectivity index (χ3v) is 6.46. The van der Waals surface area contributed by atoms with Gasteiger partial charge in [0.25, 0.3) is 5.91 Å². The number of halogens is 1. The van der Waals surface area contributed by atoms with Gasteiger partial charge in [-0.3, -0.25) is 10.1 Å². The zero-order valence-corrected chi connectivity index (χ0v) is 17.1. The average Bonchev–Trinajstić information content (AvgIpc) is 3.17. The number of esters is 1. The smallest absolute Gasteiger partial charge is 0.338 e. The lowest BCUT2D eigenvalue weighted by Crippen LogP contribution is -2.44. The summed E-state index contributed by atoms with van der Waals surface area (Å²) in [6.07, 6.45) is 0.262. The van der Waals surface area contributed by atoms with Crippen molar-refractivity contribution in [2.75, 3.05) is 19.6 Å². The lowest BCUT2D eigenvalue weighted by molar-refractivity contribution is -0.127. The van der Waals surface area contributed by atoms with Crippen molar-refractivity contribution >= 4 is 39.5 Å². The Balaban J connectivity index is 2.14. The number of nitrogens with zero attached hydrogens (tertiary/aromatic N) is 1. The molecule has 0 bridgehead atoms. The maximum absolute atomic E-state index is 12.7. The number of ether oxygens (including phenoxy) is 1. The van der Waals surface area contributed by atoms with Gasteiger partial charge in [-0.05, 0) is 44.9 Å². The molecule has 2 rings (SSSR count). The minimum absolute atomic E-state index is 0.00882. The van der Waals surface area contributed by atoms with E-state index in [0.29, 0.717) is 19.6 Å². The van der Waals surface area contributed by atoms with Crippen molar-refractivity contribution in [1.82, 2.24) is 14.9 Å². The van der Waals surface area contributed by atoms with Crippen LogP contribution in [0.3, 0.4) is 0 Å². The van der Waals surface area contributed by atoms with Crippen LogP contribution in [0.2, 0.25) is 5.02 Å². The summed E-state index contributed by atoms with van der Waals surface area (Å²) in [6, 6.07) is 3.02. The molecule has 0 aromatic heterocycles. The van der Waals surface area contributed by atoms with Crippen LogP contribution in [0.25, 0.3) is 0 Å². The van der Waals surface area contributed by atoms with Gasteiger partial charge < -0.3 is 10.1 Å². The van der Waals surface area contributed by atoms with E-state index in [0.717, 1.165) is 18.9 Å². The number of carbonyl (C=O) groups excluding carboxylic acids is 3. The number of benzene rings is 1. The van der Waals surface area contributed by atoms with Crippen LogP contribution in [0.4, 0.5) is 4.79 Å². The SMILES string of the molecule is CCNC(=O)NC(=O)C(C)OC(=O)c1ccc(Cl)c(S(=O)(=O)N2CCCC2)c1. The van der Waals surface area contributed by atoms with Crippen LogP contribution in [-0.4, -0.2) is 56.4 Å². The molecule has 1 atom stereocenters. The molecule has 0 radical (unpaired) electrons. The Kier molecular flexibility index (Phi) is 7.39. The molecule has 1 unspecified atom stereocenters. The van der Waals surface area contributed by atoms with E-state index in [9.17, 15) is 22.8 Å². The summed E-state index contributed by atoms with van der Waals surface area (Å²) in [5.74, 6) is -1.72. The Bertz CT molecular complexity index is 868. The number of imide groups is 1. The molecule has 1 fully saturated rings. The van der Waals surface area contributed by atoms with Crippen molar-refractivity contribution in [1.29, 1.82) is 0 Å². The lowest BCUT2D eigenvalue weighted by Gasteiger charge is -2.17. The topological polar surface area (TPSA) is 122 Å². The molecule has 0 spiro atoms. The van der Waals surface area contributed by atoms with Gasteiger partial charge in [0.2, 0.25) is 10.0 Å². The van der Waals surface area contributed by atoms with Crippen molar-refractivity contribution in [2.45, 2.75) is 37.7 Å². The van der Waals surface area contributed by atoms with Gasteiger partial charge in [0.05, 0.1) is 10.6 Å². The molecule has 1 heterocycles. The van der Waals surface area contributed by atoms with Gasteiger partial charge in [-0.1, -0.05) is 11.6 Å². The maximum atomic E-state index is 12.7. The van der Waals surface area contributed by atoms with Crippen molar-refractivity contribution in [3.05, 3.63) is 28.8 Å². The standard InChI is InChI=1S/C17H22ClN3O6S/c1-3-19-17(24)20-15(22)11(2)27-16(23)12-6-7-13(18)14(10-12)28(25,26)21-8-4-5-9-21/h6-7,10-11H,3-5,8-9H2,1-2H3,(H2,19,20,22,24). The quantitative estimate of drug-likeness (QED) is 0.658. The molecule has 1 aromatic rings. The van der Waals surface area contributed by atoms with Crippen molar-refractivity contribution in [3.63, 3.8) is 0 Å². The second kappa shape index (κ2) is 9.35. The Labute approximate surface area is 168 Å². The Morgan fingerprint density at radius 3 is 2.50 bits per heavy atom. The number of hydrogen-bond acceptors (Lipinski definition) is 6. The molecule has 1 aromatic carbocycles. The molecule has 2 N–H and O–H groups in total. The summed E-state index contributed by atoms with van der Waals surface area (Å²) in [5.41, 5.74) is -0.0696. The average molecular weight is 432 g/mol. The number of amides is 3. The fraction of sp³-hybridized carbons (Fsp3) is 0.471. The molecule has 154 valence electrons. The van der Waals surface area contributed by atoms with Gasteiger partial charge in [0.15, 0.2) is 6.10 Å². The molecule has 11 heteroatoms. The molecule has 1 aliphatic heterocycles. The van der Waals surface area contributed by atoms with E-state index >= 15 is 0 Å². The predicted molar refractivity (Wildman–Crippen MR) is 102 cm³/mol. The highest BCUT2D eigenvalue weighted by Crippen LogP contribution is 2.28. The summed E-state index contributed by atoms with van der Waals surface area (Å²) in [6.45, 7) is 4.09. The first kappa shape index (κ1) is 22.1. The van der Waals surface area contributed by atoms with E-state index in [4.69, 9.17) is 16.3 Å². The largest absolute Gasteiger partial charge is 0.449 e. The summed E-state index contributed by atoms with van der Waals surface area (Å²) >= 11 is 6.04. The Hall–Kier alpha value is -2.17. The van der Waals surface area contributed by atoms with Crippen LogP contribution < -0.4 is 10.6 Å². The molecule has 3 amide bonds. The van der Waals surface area contributed by atoms with E-state index in [1.165, 1.54) is 23.4 Å². The van der Waals surface area contributed by atoms with Gasteiger partial charge in [-0.25, -0.2) is 18.0 Å². The van der Waals surface area contributed by atoms with Gasteiger partial charge >= 0.3 is 12.0 Å². The lowest BCUT2D eigenvalue weighted by atomic mass is 10.2. The number of carbonyl (C=O) groups is 3. The summed E-state index contributed by atoms with van der Waals surface area (Å²) < 4.78 is 31.8. The van der Waals surface area contributed by atoms with Gasteiger partial charge in [0, 0.05) is 19.6 Å². The number of hydrogen-bond donors (Lipinski definition) is 2. The fourth-order valence-corrected chi connectivity index (χ4v) is 4.61. The first-order chi connectivity index (χ1) is 13.2. The number of urea groups is 1. The van der Waals surface area contributed by atoms with Crippen LogP contribution >= 0.6 is 11.6 Å². The second-order valence-electron chi connectivity index (χ2n) is 6.15. The minimum atomic E-state index is -3.83. The highest BCUT2D eigenvalue weighted by atomic mass is 35.5. The molecule has 0 saturated carbocycles. The first-order valence-electron chi connectivity index (χ1n) is 8.76. The monoisotopic (exact) mass is 431 g/mol. The number of sulfonamides is 1. The third-order valence-electron chi connectivity index (χ3n) is 4.08. The van der Waals surface area contributed by atoms with Crippen LogP contribution in [0, 0.1) is 0 Å². The third kappa shape index (κ3) is 5.21. The normalized spacial score (nSPS) is 15.7. The van der Waals surface area contributed by atoms with Crippen molar-refractivity contribution in [3.8, 4) is 0 Å². The maximum Gasteiger partial charge on any atom is 0.338 e. The van der Waals surface area contributed by atoms with Crippen LogP contribution in [0.15, 0.2) is 23.1 Å². The van der Waals surface area contributed by atoms with Crippen molar-refractivity contribution < 1.29 is 27.5 Å². The number of nitrogens with one attached hydrogen (secondary N) is 2. The van der Waals surface area contributed by atoms with Gasteiger partial charge in [-0.15, -0.1) is 0 Å². The second-order valence-corrected chi connectivity index (χ2v) is 8.47. The van der Waals surface area contributed by atoms with E-state index in [1.807, 2.05) is 5.32 Å². The van der Waals surface area contributed by atoms with E-state index in [-0.39, 0.29) is 15.5 Å². The molecule has 1 saturated heterocycles. The van der Waals surface area contributed by atoms with Gasteiger partial charge in [-0.2, -0.15) is 4.31 Å². The zero-order chi connectivity index (χ0) is 20.9. The van der Waals surface area contributed by atoms with Crippen molar-refractivity contribution in [2.24, 2.45) is 0 Å². The molecule has 9 nitrogen and oxygen atoms in total. The van der Waals surface area contributed by atoms with Crippen LogP contribution in [-0.2, 0) is 19.6 Å². The van der Waals surface area contributed by atoms with Crippen LogP contribution in [0.5, 0.6) is 0 Å². The van der Waals surface area contributed by atoms with E-state index in [2.05, 4.69) is 5.32 Å². The summed E-state index contributed by atoms with van der Waals surface area (Å²) in [5, 5.41) is 4.40. The Morgan fingerprint density at radius 2 is 1.89 bits per heavy atom. The summed E-state index contributed by atoms with van der Waals surface area (Å²) in [4.78, 5) is 35.4. The molecule has 1 aliphatic rings. The molecular formula is C17H22ClN3O6S. The molecule has 0 aliphatic carbocycles. The van der Waals surface area contributed by atoms with Crippen LogP contribution in [0.1, 0.15) is 37.0 Å². The van der Waals surface area contributed by atoms with E-state index in [1.54, 1.807) is 6.92 Å². The Morgan fingerprint density at radius 1 is 1.25 bits per heavy atom. The molecular weight excluding hydrogens is 410 g/mol. The predicted octanol–water partition coefficient (Wildman–Crippen LogP) is 1.52. The molecule has 28 heavy (non-hydrogen) atoms. The van der Waals surface area contributed by atoms with E-state index < -0.39 is 34.0 Å². The first-order valence-corrected chi connectivity index (χ1v) is 10.6. The summed E-state index contributed by atoms with van der Waals surface area (Å²) in [7, 11) is -3.83. The minimum Gasteiger partial charge on any atom is -0.449 e. The zero-order valence-electron chi connectivity index (χ0n) is 15.5. The fourth-order valence-electron chi connectivity index (χ4n) is 2.60. The number of rotatable bonds is 6. The van der Waals surface area contributed by atoms with Gasteiger partial charge in [0.1, 0.15) is 4.90 Å². The highest BCUT2D eigenvalue weighted by Gasteiger charge is 2.30. The highest BCUT2D eigenvalue weighted by molar-refractivity contribution is 7.89.